The van der Waals surface area contributed by atoms with Gasteiger partial charge in [-0.25, -0.2) is 0 Å². The lowest BCUT2D eigenvalue weighted by Gasteiger charge is -2.41. The summed E-state index contributed by atoms with van der Waals surface area (Å²) in [5.74, 6) is -0.153. The Morgan fingerprint density at radius 1 is 1.19 bits per heavy atom. The Kier molecular flexibility index (Phi) is 7.10. The van der Waals surface area contributed by atoms with Gasteiger partial charge >= 0.3 is 5.97 Å². The second-order valence-corrected chi connectivity index (χ2v) is 6.52. The van der Waals surface area contributed by atoms with E-state index in [1.807, 2.05) is 20.9 Å². The molecule has 0 bridgehead atoms. The van der Waals surface area contributed by atoms with Gasteiger partial charge in [-0.2, -0.15) is 0 Å². The first-order valence-electron chi connectivity index (χ1n) is 8.18. The summed E-state index contributed by atoms with van der Waals surface area (Å²) in [6, 6.07) is 0.978. The average molecular weight is 299 g/mol. The predicted molar refractivity (Wildman–Crippen MR) is 86.5 cm³/mol. The first-order chi connectivity index (χ1) is 9.84. The number of likely N-dealkylation sites (N-methyl/N-ethyl adjacent to an activating group) is 1. The lowest BCUT2D eigenvalue weighted by Crippen LogP contribution is -2.56. The van der Waals surface area contributed by atoms with Gasteiger partial charge in [0.1, 0.15) is 5.54 Å². The van der Waals surface area contributed by atoms with Crippen molar-refractivity contribution in [2.24, 2.45) is 0 Å². The molecule has 0 radical (unpaired) electrons. The molecule has 2 unspecified atom stereocenters. The number of nitrogens with zero attached hydrogens (tertiary/aromatic N) is 2. The molecule has 1 N–H and O–H groups in total. The highest BCUT2D eigenvalue weighted by Gasteiger charge is 2.36. The normalized spacial score (nSPS) is 22.0. The lowest BCUT2D eigenvalue weighted by molar-refractivity contribution is -0.151. The molecule has 1 aliphatic rings. The van der Waals surface area contributed by atoms with Crippen LogP contribution < -0.4 is 5.32 Å². The standard InChI is InChI=1S/C16H33N3O2/c1-7-21-15(20)16(5,17-6)12-14(4)19-10-8-18(9-11-19)13(2)3/h13-14,17H,7-12H2,1-6H3. The third kappa shape index (κ3) is 4.94. The van der Waals surface area contributed by atoms with Crippen molar-refractivity contribution in [1.82, 2.24) is 15.1 Å². The number of hydrogen-bond acceptors (Lipinski definition) is 5. The van der Waals surface area contributed by atoms with Gasteiger partial charge in [0.05, 0.1) is 6.61 Å². The van der Waals surface area contributed by atoms with Gasteiger partial charge in [0.2, 0.25) is 0 Å². The molecular formula is C16H33N3O2. The maximum atomic E-state index is 12.1. The molecule has 5 heteroatoms. The fourth-order valence-corrected chi connectivity index (χ4v) is 2.99. The van der Waals surface area contributed by atoms with Gasteiger partial charge in [0.15, 0.2) is 0 Å². The molecule has 0 amide bonds. The Labute approximate surface area is 130 Å². The fourth-order valence-electron chi connectivity index (χ4n) is 2.99. The second kappa shape index (κ2) is 8.11. The number of carbonyl (C=O) groups is 1. The summed E-state index contributed by atoms with van der Waals surface area (Å²) in [5, 5.41) is 3.15. The molecule has 0 saturated carbocycles. The van der Waals surface area contributed by atoms with Crippen molar-refractivity contribution >= 4 is 5.97 Å². The molecule has 1 fully saturated rings. The van der Waals surface area contributed by atoms with Crippen molar-refractivity contribution in [2.45, 2.75) is 58.7 Å². The number of nitrogens with one attached hydrogen (secondary N) is 1. The van der Waals surface area contributed by atoms with Crippen molar-refractivity contribution in [1.29, 1.82) is 0 Å². The molecule has 124 valence electrons. The third-order valence-corrected chi connectivity index (χ3v) is 4.68. The number of ether oxygens (including phenoxy) is 1. The highest BCUT2D eigenvalue weighted by atomic mass is 16.5. The van der Waals surface area contributed by atoms with Crippen LogP contribution in [-0.4, -0.2) is 73.2 Å². The first-order valence-corrected chi connectivity index (χ1v) is 8.18. The summed E-state index contributed by atoms with van der Waals surface area (Å²) >= 11 is 0. The van der Waals surface area contributed by atoms with Crippen LogP contribution in [0.15, 0.2) is 0 Å². The van der Waals surface area contributed by atoms with Crippen LogP contribution in [0, 0.1) is 0 Å². The Morgan fingerprint density at radius 3 is 2.14 bits per heavy atom. The van der Waals surface area contributed by atoms with Crippen LogP contribution in [0.5, 0.6) is 0 Å². The van der Waals surface area contributed by atoms with E-state index in [1.165, 1.54) is 0 Å². The molecule has 1 rings (SSSR count). The Bertz CT molecular complexity index is 327. The molecule has 0 aromatic carbocycles. The minimum Gasteiger partial charge on any atom is -0.465 e. The SMILES string of the molecule is CCOC(=O)C(C)(CC(C)N1CCN(C(C)C)CC1)NC. The molecule has 1 aliphatic heterocycles. The van der Waals surface area contributed by atoms with Crippen molar-refractivity contribution < 1.29 is 9.53 Å². The zero-order chi connectivity index (χ0) is 16.0. The summed E-state index contributed by atoms with van der Waals surface area (Å²) < 4.78 is 5.21. The van der Waals surface area contributed by atoms with Gasteiger partial charge in [-0.05, 0) is 48.1 Å². The summed E-state index contributed by atoms with van der Waals surface area (Å²) in [6.45, 7) is 15.3. The monoisotopic (exact) mass is 299 g/mol. The van der Waals surface area contributed by atoms with Gasteiger partial charge in [-0.3, -0.25) is 14.6 Å². The van der Waals surface area contributed by atoms with Crippen LogP contribution in [0.1, 0.15) is 41.0 Å². The van der Waals surface area contributed by atoms with E-state index in [1.54, 1.807) is 0 Å². The quantitative estimate of drug-likeness (QED) is 0.719. The van der Waals surface area contributed by atoms with Gasteiger partial charge in [0.25, 0.3) is 0 Å². The highest BCUT2D eigenvalue weighted by Crippen LogP contribution is 2.19. The van der Waals surface area contributed by atoms with Gasteiger partial charge < -0.3 is 10.1 Å². The number of piperazine rings is 1. The molecule has 0 aromatic heterocycles. The van der Waals surface area contributed by atoms with E-state index in [2.05, 4.69) is 35.9 Å². The van der Waals surface area contributed by atoms with E-state index in [9.17, 15) is 4.79 Å². The average Bonchev–Trinajstić information content (AvgIpc) is 2.47. The Balaban J connectivity index is 2.55. The van der Waals surface area contributed by atoms with E-state index < -0.39 is 5.54 Å². The van der Waals surface area contributed by atoms with Crippen LogP contribution in [0.3, 0.4) is 0 Å². The fraction of sp³-hybridized carbons (Fsp3) is 0.938. The molecular weight excluding hydrogens is 266 g/mol. The Hall–Kier alpha value is -0.650. The molecule has 0 aromatic rings. The molecule has 21 heavy (non-hydrogen) atoms. The molecule has 0 aliphatic carbocycles. The number of carbonyl (C=O) groups excluding carboxylic acids is 1. The van der Waals surface area contributed by atoms with Crippen LogP contribution in [0.25, 0.3) is 0 Å². The number of hydrogen-bond donors (Lipinski definition) is 1. The maximum absolute atomic E-state index is 12.1. The second-order valence-electron chi connectivity index (χ2n) is 6.52. The van der Waals surface area contributed by atoms with Crippen LogP contribution in [0.4, 0.5) is 0 Å². The Morgan fingerprint density at radius 2 is 1.71 bits per heavy atom. The molecule has 0 spiro atoms. The van der Waals surface area contributed by atoms with Crippen molar-refractivity contribution in [3.05, 3.63) is 0 Å². The summed E-state index contributed by atoms with van der Waals surface area (Å²) in [6.07, 6.45) is 0.768. The lowest BCUT2D eigenvalue weighted by atomic mass is 9.92. The van der Waals surface area contributed by atoms with E-state index in [0.717, 1.165) is 32.6 Å². The van der Waals surface area contributed by atoms with Gasteiger partial charge in [-0.15, -0.1) is 0 Å². The van der Waals surface area contributed by atoms with E-state index in [0.29, 0.717) is 18.7 Å². The van der Waals surface area contributed by atoms with Crippen molar-refractivity contribution in [3.63, 3.8) is 0 Å². The predicted octanol–water partition coefficient (Wildman–Crippen LogP) is 1.33. The molecule has 2 atom stereocenters. The minimum atomic E-state index is -0.607. The van der Waals surface area contributed by atoms with E-state index >= 15 is 0 Å². The smallest absolute Gasteiger partial charge is 0.326 e. The molecule has 5 nitrogen and oxygen atoms in total. The van der Waals surface area contributed by atoms with Crippen molar-refractivity contribution in [2.75, 3.05) is 39.8 Å². The zero-order valence-electron chi connectivity index (χ0n) is 14.6. The first kappa shape index (κ1) is 18.4. The highest BCUT2D eigenvalue weighted by molar-refractivity contribution is 5.80. The van der Waals surface area contributed by atoms with Gasteiger partial charge in [-0.1, -0.05) is 0 Å². The summed E-state index contributed by atoms with van der Waals surface area (Å²) in [5.41, 5.74) is -0.607. The van der Waals surface area contributed by atoms with Crippen LogP contribution >= 0.6 is 0 Å². The molecule has 1 saturated heterocycles. The van der Waals surface area contributed by atoms with Crippen LogP contribution in [-0.2, 0) is 9.53 Å². The summed E-state index contributed by atoms with van der Waals surface area (Å²) in [7, 11) is 1.83. The number of rotatable bonds is 7. The number of esters is 1. The minimum absolute atomic E-state index is 0.153. The molecule has 1 heterocycles. The summed E-state index contributed by atoms with van der Waals surface area (Å²) in [4.78, 5) is 17.1. The van der Waals surface area contributed by atoms with Gasteiger partial charge in [0, 0.05) is 38.3 Å². The topological polar surface area (TPSA) is 44.8 Å². The van der Waals surface area contributed by atoms with Crippen LogP contribution in [0.2, 0.25) is 0 Å². The van der Waals surface area contributed by atoms with Crippen molar-refractivity contribution in [3.8, 4) is 0 Å². The maximum Gasteiger partial charge on any atom is 0.326 e. The zero-order valence-corrected chi connectivity index (χ0v) is 14.6. The third-order valence-electron chi connectivity index (χ3n) is 4.68. The van der Waals surface area contributed by atoms with E-state index in [4.69, 9.17) is 4.74 Å². The largest absolute Gasteiger partial charge is 0.465 e. The van der Waals surface area contributed by atoms with E-state index in [-0.39, 0.29) is 5.97 Å².